The molecule has 7 nitrogen and oxygen atoms in total. The van der Waals surface area contributed by atoms with E-state index in [0.29, 0.717) is 30.5 Å². The molecule has 1 aliphatic heterocycles. The third kappa shape index (κ3) is 5.11. The number of carbonyl (C=O) groups is 3. The van der Waals surface area contributed by atoms with Gasteiger partial charge in [-0.1, -0.05) is 30.1 Å². The lowest BCUT2D eigenvalue weighted by atomic mass is 9.84. The van der Waals surface area contributed by atoms with Crippen molar-refractivity contribution in [2.75, 3.05) is 13.1 Å². The molecule has 1 amide bonds. The largest absolute Gasteiger partial charge is 0.481 e. The van der Waals surface area contributed by atoms with Gasteiger partial charge in [0, 0.05) is 31.9 Å². The molecule has 2 aromatic heterocycles. The Bertz CT molecular complexity index is 1470. The van der Waals surface area contributed by atoms with E-state index in [1.165, 1.54) is 36.7 Å². The van der Waals surface area contributed by atoms with Crippen LogP contribution in [0, 0.1) is 18.8 Å². The number of hydrogen-bond donors (Lipinski definition) is 1. The maximum atomic E-state index is 13.6. The minimum absolute atomic E-state index is 0.00595. The summed E-state index contributed by atoms with van der Waals surface area (Å²) in [4.78, 5) is 43.3. The topological polar surface area (TPSA) is 92.5 Å². The van der Waals surface area contributed by atoms with Gasteiger partial charge in [0.05, 0.1) is 26.9 Å². The predicted molar refractivity (Wildman–Crippen MR) is 136 cm³/mol. The lowest BCUT2D eigenvalue weighted by molar-refractivity contribution is -0.141. The average molecular weight is 570 g/mol. The number of piperidine rings is 1. The fourth-order valence-corrected chi connectivity index (χ4v) is 5.56. The Kier molecular flexibility index (Phi) is 7.51. The number of aliphatic carboxylic acids is 1. The number of likely N-dealkylation sites (tertiary alicyclic amines) is 1. The van der Waals surface area contributed by atoms with E-state index < -0.39 is 29.5 Å². The Morgan fingerprint density at radius 3 is 2.47 bits per heavy atom. The first-order valence-electron chi connectivity index (χ1n) is 11.8. The van der Waals surface area contributed by atoms with Crippen LogP contribution in [0.4, 0.5) is 13.2 Å². The number of halogens is 5. The highest BCUT2D eigenvalue weighted by atomic mass is 35.5. The second-order valence-corrected chi connectivity index (χ2v) is 10.4. The van der Waals surface area contributed by atoms with Crippen molar-refractivity contribution in [2.24, 2.45) is 18.9 Å². The minimum Gasteiger partial charge on any atom is -0.481 e. The number of benzene rings is 1. The first kappa shape index (κ1) is 27.9. The number of pyridine rings is 1. The molecule has 0 spiro atoms. The van der Waals surface area contributed by atoms with E-state index in [1.807, 2.05) is 6.92 Å². The van der Waals surface area contributed by atoms with Crippen LogP contribution in [-0.2, 0) is 18.0 Å². The molecule has 1 saturated heterocycles. The van der Waals surface area contributed by atoms with E-state index in [9.17, 15) is 27.6 Å². The summed E-state index contributed by atoms with van der Waals surface area (Å²) in [6.07, 6.45) is -4.12. The fourth-order valence-electron chi connectivity index (χ4n) is 4.94. The average Bonchev–Trinajstić information content (AvgIpc) is 3.16. The minimum atomic E-state index is -4.66. The number of hydrogen-bond acceptors (Lipinski definition) is 4. The first-order chi connectivity index (χ1) is 17.7. The first-order valence-corrected chi connectivity index (χ1v) is 12.5. The molecular formula is C26H24Cl2F3N3O4. The lowest BCUT2D eigenvalue weighted by Crippen LogP contribution is -2.43. The zero-order valence-electron chi connectivity index (χ0n) is 20.7. The number of aryl methyl sites for hydroxylation is 2. The van der Waals surface area contributed by atoms with Crippen molar-refractivity contribution in [2.45, 2.75) is 32.9 Å². The summed E-state index contributed by atoms with van der Waals surface area (Å²) in [5, 5.41) is 9.28. The molecule has 3 aromatic rings. The van der Waals surface area contributed by atoms with E-state index in [-0.39, 0.29) is 50.8 Å². The van der Waals surface area contributed by atoms with E-state index in [2.05, 4.69) is 4.98 Å². The number of amides is 1. The number of rotatable bonds is 5. The van der Waals surface area contributed by atoms with Crippen LogP contribution < -0.4 is 0 Å². The number of aromatic nitrogens is 2. The van der Waals surface area contributed by atoms with Crippen molar-refractivity contribution in [1.82, 2.24) is 14.5 Å². The van der Waals surface area contributed by atoms with Gasteiger partial charge in [-0.3, -0.25) is 14.4 Å². The smallest absolute Gasteiger partial charge is 0.433 e. The van der Waals surface area contributed by atoms with Crippen LogP contribution >= 0.6 is 23.2 Å². The van der Waals surface area contributed by atoms with Crippen molar-refractivity contribution in [3.8, 4) is 0 Å². The van der Waals surface area contributed by atoms with E-state index in [4.69, 9.17) is 28.3 Å². The Morgan fingerprint density at radius 2 is 1.87 bits per heavy atom. The molecule has 4 rings (SSSR count). The summed E-state index contributed by atoms with van der Waals surface area (Å²) < 4.78 is 41.2. The number of nitrogens with zero attached hydrogens (tertiary/aromatic N) is 3. The highest BCUT2D eigenvalue weighted by Gasteiger charge is 2.35. The van der Waals surface area contributed by atoms with Crippen LogP contribution in [0.1, 0.15) is 57.4 Å². The highest BCUT2D eigenvalue weighted by molar-refractivity contribution is 6.42. The van der Waals surface area contributed by atoms with Gasteiger partial charge in [0.25, 0.3) is 5.91 Å². The summed E-state index contributed by atoms with van der Waals surface area (Å²) in [5.41, 5.74) is -0.903. The quantitative estimate of drug-likeness (QED) is 0.380. The van der Waals surface area contributed by atoms with Crippen LogP contribution in [0.3, 0.4) is 0 Å². The van der Waals surface area contributed by atoms with Crippen molar-refractivity contribution in [3.05, 3.63) is 62.4 Å². The molecule has 0 saturated carbocycles. The van der Waals surface area contributed by atoms with Crippen LogP contribution in [0.15, 0.2) is 24.3 Å². The van der Waals surface area contributed by atoms with Gasteiger partial charge in [-0.2, -0.15) is 13.2 Å². The van der Waals surface area contributed by atoms with Crippen LogP contribution in [0.5, 0.6) is 0 Å². The molecule has 0 unspecified atom stereocenters. The predicted octanol–water partition coefficient (Wildman–Crippen LogP) is 6.01. The second-order valence-electron chi connectivity index (χ2n) is 9.64. The summed E-state index contributed by atoms with van der Waals surface area (Å²) in [6.45, 7) is 4.03. The van der Waals surface area contributed by atoms with Crippen LogP contribution in [0.2, 0.25) is 10.0 Å². The summed E-state index contributed by atoms with van der Waals surface area (Å²) >= 11 is 12.9. The second kappa shape index (κ2) is 10.2. The van der Waals surface area contributed by atoms with Gasteiger partial charge in [0.2, 0.25) is 5.78 Å². The fraction of sp³-hybridized carbons (Fsp3) is 0.385. The van der Waals surface area contributed by atoms with Crippen molar-refractivity contribution >= 4 is 51.9 Å². The van der Waals surface area contributed by atoms with Gasteiger partial charge < -0.3 is 14.6 Å². The normalized spacial score (nSPS) is 18.2. The molecule has 0 aliphatic carbocycles. The third-order valence-electron chi connectivity index (χ3n) is 7.08. The van der Waals surface area contributed by atoms with E-state index in [0.717, 1.165) is 6.07 Å². The molecule has 1 aliphatic rings. The maximum Gasteiger partial charge on any atom is 0.433 e. The summed E-state index contributed by atoms with van der Waals surface area (Å²) in [5.74, 6) is -2.10. The van der Waals surface area contributed by atoms with Crippen LogP contribution in [-0.4, -0.2) is 50.3 Å². The number of carboxylic acids is 1. The Hall–Kier alpha value is -3.11. The van der Waals surface area contributed by atoms with Gasteiger partial charge in [-0.15, -0.1) is 0 Å². The Labute approximate surface area is 226 Å². The number of ketones is 1. The summed E-state index contributed by atoms with van der Waals surface area (Å²) in [7, 11) is 1.42. The number of carbonyl (C=O) groups excluding carboxylic acids is 2. The Morgan fingerprint density at radius 1 is 1.18 bits per heavy atom. The highest BCUT2D eigenvalue weighted by Crippen LogP contribution is 2.35. The Balaban J connectivity index is 1.69. The van der Waals surface area contributed by atoms with Crippen LogP contribution in [0.25, 0.3) is 11.0 Å². The van der Waals surface area contributed by atoms with Gasteiger partial charge in [-0.25, -0.2) is 4.98 Å². The van der Waals surface area contributed by atoms with Gasteiger partial charge in [-0.05, 0) is 55.0 Å². The molecule has 0 bridgehead atoms. The molecule has 1 N–H and O–H groups in total. The molecule has 12 heteroatoms. The molecule has 3 heterocycles. The standard InChI is InChI=1S/C26H24Cl2F3N3O4/c1-12-8-19(26(29,30)31)32-24-16(12)10-18(33(24)3)23(37)21-17(27)5-4-15(22(21)28)25(38)34-7-6-14(9-20(35)36)13(2)11-34/h4-5,8,10,13-14H,6-7,9,11H2,1-3H3,(H,35,36)/t13-,14+/m0/s1. The van der Waals surface area contributed by atoms with E-state index in [1.54, 1.807) is 4.90 Å². The molecule has 202 valence electrons. The van der Waals surface area contributed by atoms with Gasteiger partial charge >= 0.3 is 12.1 Å². The zero-order chi connectivity index (χ0) is 28.1. The molecule has 38 heavy (non-hydrogen) atoms. The third-order valence-corrected chi connectivity index (χ3v) is 7.79. The van der Waals surface area contributed by atoms with Gasteiger partial charge in [0.1, 0.15) is 11.3 Å². The molecule has 1 aromatic carbocycles. The van der Waals surface area contributed by atoms with E-state index >= 15 is 0 Å². The SMILES string of the molecule is Cc1cc(C(F)(F)F)nc2c1cc(C(=O)c1c(Cl)ccc(C(=O)N3CC[C@H](CC(=O)O)[C@@H](C)C3)c1Cl)n2C. The maximum absolute atomic E-state index is 13.6. The number of carboxylic acid groups (broad SMARTS) is 1. The molecule has 1 fully saturated rings. The molecule has 0 radical (unpaired) electrons. The van der Waals surface area contributed by atoms with Crippen molar-refractivity contribution in [1.29, 1.82) is 0 Å². The monoisotopic (exact) mass is 569 g/mol. The molecular weight excluding hydrogens is 546 g/mol. The zero-order valence-corrected chi connectivity index (χ0v) is 22.2. The lowest BCUT2D eigenvalue weighted by Gasteiger charge is -2.36. The molecule has 2 atom stereocenters. The van der Waals surface area contributed by atoms with Crippen molar-refractivity contribution in [3.63, 3.8) is 0 Å². The van der Waals surface area contributed by atoms with Crippen molar-refractivity contribution < 1.29 is 32.7 Å². The summed E-state index contributed by atoms with van der Waals surface area (Å²) in [6, 6.07) is 5.13. The van der Waals surface area contributed by atoms with Gasteiger partial charge in [0.15, 0.2) is 0 Å². The number of alkyl halides is 3. The number of fused-ring (bicyclic) bond motifs is 1.